The van der Waals surface area contributed by atoms with Crippen LogP contribution in [0.5, 0.6) is 0 Å². The third kappa shape index (κ3) is 10.3. The number of nitrogens with zero attached hydrogens (tertiary/aromatic N) is 1. The van der Waals surface area contributed by atoms with E-state index in [1.54, 1.807) is 0 Å². The van der Waals surface area contributed by atoms with Gasteiger partial charge >= 0.3 is 5.97 Å². The molecule has 0 aromatic heterocycles. The zero-order valence-corrected chi connectivity index (χ0v) is 12.1. The molecule has 0 aromatic carbocycles. The van der Waals surface area contributed by atoms with Crippen LogP contribution >= 0.6 is 0 Å². The largest absolute Gasteiger partial charge is 0.463 e. The van der Waals surface area contributed by atoms with Crippen molar-refractivity contribution in [1.29, 1.82) is 0 Å². The van der Waals surface area contributed by atoms with E-state index in [1.807, 2.05) is 0 Å². The van der Waals surface area contributed by atoms with Gasteiger partial charge in [-0.3, -0.25) is 0 Å². The second kappa shape index (κ2) is 12.6. The van der Waals surface area contributed by atoms with Gasteiger partial charge in [-0.25, -0.2) is 4.79 Å². The van der Waals surface area contributed by atoms with E-state index in [0.717, 1.165) is 25.9 Å². The molecule has 3 nitrogen and oxygen atoms in total. The summed E-state index contributed by atoms with van der Waals surface area (Å²) in [6, 6.07) is 0. The van der Waals surface area contributed by atoms with E-state index < -0.39 is 0 Å². The van der Waals surface area contributed by atoms with Crippen LogP contribution in [-0.4, -0.2) is 37.1 Å². The van der Waals surface area contributed by atoms with E-state index in [0.29, 0.717) is 6.61 Å². The van der Waals surface area contributed by atoms with Gasteiger partial charge in [0.1, 0.15) is 0 Å². The molecule has 3 heteroatoms. The highest BCUT2D eigenvalue weighted by Gasteiger charge is 1.98. The molecular weight excluding hydrogens is 226 g/mol. The number of carbonyl (C=O) groups excluding carboxylic acids is 1. The molecule has 0 spiro atoms. The van der Waals surface area contributed by atoms with E-state index >= 15 is 0 Å². The Morgan fingerprint density at radius 2 is 1.61 bits per heavy atom. The Bertz CT molecular complexity index is 213. The van der Waals surface area contributed by atoms with E-state index in [1.165, 1.54) is 38.3 Å². The first-order valence-corrected chi connectivity index (χ1v) is 7.26. The molecule has 18 heavy (non-hydrogen) atoms. The van der Waals surface area contributed by atoms with Gasteiger partial charge < -0.3 is 9.64 Å². The summed E-state index contributed by atoms with van der Waals surface area (Å²) in [6.45, 7) is 11.9. The van der Waals surface area contributed by atoms with Crippen LogP contribution in [0, 0.1) is 0 Å². The van der Waals surface area contributed by atoms with Gasteiger partial charge in [-0.1, -0.05) is 46.1 Å². The highest BCUT2D eigenvalue weighted by Crippen LogP contribution is 2.06. The minimum absolute atomic E-state index is 0.311. The lowest BCUT2D eigenvalue weighted by molar-refractivity contribution is -0.137. The van der Waals surface area contributed by atoms with Crippen LogP contribution in [0.15, 0.2) is 12.7 Å². The minimum atomic E-state index is -0.311. The van der Waals surface area contributed by atoms with Crippen LogP contribution in [0.25, 0.3) is 0 Å². The topological polar surface area (TPSA) is 29.5 Å². The molecule has 0 aliphatic heterocycles. The molecule has 0 bridgehead atoms. The average Bonchev–Trinajstić information content (AvgIpc) is 2.40. The molecular formula is C15H29NO2. The molecule has 106 valence electrons. The zero-order chi connectivity index (χ0) is 13.6. The summed E-state index contributed by atoms with van der Waals surface area (Å²) in [5.41, 5.74) is 0. The highest BCUT2D eigenvalue weighted by atomic mass is 16.5. The summed E-state index contributed by atoms with van der Waals surface area (Å²) in [4.78, 5) is 13.2. The quantitative estimate of drug-likeness (QED) is 0.304. The Morgan fingerprint density at radius 3 is 2.17 bits per heavy atom. The molecule has 0 aliphatic carbocycles. The van der Waals surface area contributed by atoms with Crippen LogP contribution in [0.2, 0.25) is 0 Å². The molecule has 0 N–H and O–H groups in total. The Hall–Kier alpha value is -0.830. The fraction of sp³-hybridized carbons (Fsp3) is 0.800. The van der Waals surface area contributed by atoms with Crippen molar-refractivity contribution in [2.24, 2.45) is 0 Å². The van der Waals surface area contributed by atoms with E-state index in [4.69, 9.17) is 4.74 Å². The van der Waals surface area contributed by atoms with Crippen LogP contribution in [-0.2, 0) is 9.53 Å². The summed E-state index contributed by atoms with van der Waals surface area (Å²) in [5.74, 6) is -0.311. The standard InChI is InChI=1S/C15H29NO2/c1-4-15(17)18-14-12-10-8-7-9-11-13-16(5-2)6-3/h4H,1,5-14H2,2-3H3. The summed E-state index contributed by atoms with van der Waals surface area (Å²) in [5, 5.41) is 0. The fourth-order valence-electron chi connectivity index (χ4n) is 1.92. The molecule has 0 saturated carbocycles. The molecule has 0 radical (unpaired) electrons. The molecule has 0 rings (SSSR count). The van der Waals surface area contributed by atoms with Gasteiger partial charge in [0, 0.05) is 6.08 Å². The summed E-state index contributed by atoms with van der Waals surface area (Å²) in [6.07, 6.45) is 8.47. The maximum absolute atomic E-state index is 10.8. The average molecular weight is 255 g/mol. The van der Waals surface area contributed by atoms with Gasteiger partial charge in [0.15, 0.2) is 0 Å². The second-order valence-electron chi connectivity index (χ2n) is 4.52. The smallest absolute Gasteiger partial charge is 0.330 e. The lowest BCUT2D eigenvalue weighted by Crippen LogP contribution is -2.23. The van der Waals surface area contributed by atoms with Crippen molar-refractivity contribution < 1.29 is 9.53 Å². The Morgan fingerprint density at radius 1 is 1.06 bits per heavy atom. The Labute approximate surface area is 112 Å². The van der Waals surface area contributed by atoms with Gasteiger partial charge in [-0.2, -0.15) is 0 Å². The maximum Gasteiger partial charge on any atom is 0.330 e. The second-order valence-corrected chi connectivity index (χ2v) is 4.52. The molecule has 0 unspecified atom stereocenters. The summed E-state index contributed by atoms with van der Waals surface area (Å²) < 4.78 is 4.92. The van der Waals surface area contributed by atoms with Crippen molar-refractivity contribution in [2.75, 3.05) is 26.2 Å². The van der Waals surface area contributed by atoms with Crippen LogP contribution < -0.4 is 0 Å². The molecule has 0 saturated heterocycles. The summed E-state index contributed by atoms with van der Waals surface area (Å²) in [7, 11) is 0. The van der Waals surface area contributed by atoms with Gasteiger partial charge in [0.2, 0.25) is 0 Å². The third-order valence-electron chi connectivity index (χ3n) is 3.17. The normalized spacial score (nSPS) is 10.6. The molecule has 0 amide bonds. The van der Waals surface area contributed by atoms with E-state index in [2.05, 4.69) is 25.3 Å². The number of unbranched alkanes of at least 4 members (excludes halogenated alkanes) is 5. The fourth-order valence-corrected chi connectivity index (χ4v) is 1.92. The number of carbonyl (C=O) groups is 1. The van der Waals surface area contributed by atoms with Crippen molar-refractivity contribution in [1.82, 2.24) is 4.90 Å². The predicted octanol–water partition coefficient (Wildman–Crippen LogP) is 3.40. The van der Waals surface area contributed by atoms with Crippen molar-refractivity contribution in [2.45, 2.75) is 52.4 Å². The first kappa shape index (κ1) is 17.2. The van der Waals surface area contributed by atoms with Crippen molar-refractivity contribution in [3.8, 4) is 0 Å². The van der Waals surface area contributed by atoms with Gasteiger partial charge in [0.25, 0.3) is 0 Å². The number of esters is 1. The molecule has 0 aromatic rings. The first-order valence-electron chi connectivity index (χ1n) is 7.26. The van der Waals surface area contributed by atoms with Crippen molar-refractivity contribution >= 4 is 5.97 Å². The number of rotatable bonds is 12. The molecule has 0 heterocycles. The lowest BCUT2D eigenvalue weighted by atomic mass is 10.1. The first-order chi connectivity index (χ1) is 8.74. The molecule has 0 fully saturated rings. The number of hydrogen-bond acceptors (Lipinski definition) is 3. The summed E-state index contributed by atoms with van der Waals surface area (Å²) >= 11 is 0. The predicted molar refractivity (Wildman–Crippen MR) is 76.6 cm³/mol. The van der Waals surface area contributed by atoms with Gasteiger partial charge in [-0.15, -0.1) is 0 Å². The lowest BCUT2D eigenvalue weighted by Gasteiger charge is -2.17. The van der Waals surface area contributed by atoms with Crippen molar-refractivity contribution in [3.05, 3.63) is 12.7 Å². The van der Waals surface area contributed by atoms with Crippen molar-refractivity contribution in [3.63, 3.8) is 0 Å². The number of ether oxygens (including phenoxy) is 1. The minimum Gasteiger partial charge on any atom is -0.463 e. The zero-order valence-electron chi connectivity index (χ0n) is 12.1. The van der Waals surface area contributed by atoms with Gasteiger partial charge in [-0.05, 0) is 32.5 Å². The van der Waals surface area contributed by atoms with E-state index in [-0.39, 0.29) is 5.97 Å². The molecule has 0 atom stereocenters. The number of hydrogen-bond donors (Lipinski definition) is 0. The Balaban J connectivity index is 3.16. The monoisotopic (exact) mass is 255 g/mol. The SMILES string of the molecule is C=CC(=O)OCCCCCCCCN(CC)CC. The molecule has 0 aliphatic rings. The van der Waals surface area contributed by atoms with Crippen LogP contribution in [0.3, 0.4) is 0 Å². The van der Waals surface area contributed by atoms with Crippen LogP contribution in [0.1, 0.15) is 52.4 Å². The third-order valence-corrected chi connectivity index (χ3v) is 3.17. The van der Waals surface area contributed by atoms with Crippen LogP contribution in [0.4, 0.5) is 0 Å². The van der Waals surface area contributed by atoms with E-state index in [9.17, 15) is 4.79 Å². The van der Waals surface area contributed by atoms with Gasteiger partial charge in [0.05, 0.1) is 6.61 Å². The Kier molecular flexibility index (Phi) is 12.0. The highest BCUT2D eigenvalue weighted by molar-refractivity contribution is 5.81. The maximum atomic E-state index is 10.8.